The molecule has 0 saturated heterocycles. The molecule has 0 atom stereocenters. The van der Waals surface area contributed by atoms with Crippen molar-refractivity contribution < 1.29 is 4.42 Å². The first-order valence-corrected chi connectivity index (χ1v) is 7.47. The van der Waals surface area contributed by atoms with Crippen molar-refractivity contribution >= 4 is 16.7 Å². The van der Waals surface area contributed by atoms with E-state index in [4.69, 9.17) is 4.42 Å². The van der Waals surface area contributed by atoms with Gasteiger partial charge in [0.05, 0.1) is 0 Å². The lowest BCUT2D eigenvalue weighted by Crippen LogP contribution is -2.21. The van der Waals surface area contributed by atoms with Gasteiger partial charge in [0, 0.05) is 42.6 Å². The minimum Gasteiger partial charge on any atom is -0.422 e. The second-order valence-electron chi connectivity index (χ2n) is 5.18. The third-order valence-electron chi connectivity index (χ3n) is 4.01. The number of hydrogen-bond donors (Lipinski definition) is 1. The SMILES string of the molecule is CCN(CC)c1ccc2c(C)c(-c3ncc[nH]3)c(=O)oc2c1. The molecule has 0 spiro atoms. The average Bonchev–Trinajstić information content (AvgIpc) is 3.02. The van der Waals surface area contributed by atoms with Gasteiger partial charge in [-0.3, -0.25) is 0 Å². The molecular weight excluding hydrogens is 278 g/mol. The molecule has 0 unspecified atom stereocenters. The zero-order valence-electron chi connectivity index (χ0n) is 13.0. The topological polar surface area (TPSA) is 62.1 Å². The number of H-pyrrole nitrogens is 1. The molecule has 0 saturated carbocycles. The smallest absolute Gasteiger partial charge is 0.347 e. The number of aryl methyl sites for hydroxylation is 1. The van der Waals surface area contributed by atoms with Crippen LogP contribution in [0.3, 0.4) is 0 Å². The molecule has 3 aromatic rings. The van der Waals surface area contributed by atoms with E-state index in [0.717, 1.165) is 29.7 Å². The molecule has 0 radical (unpaired) electrons. The van der Waals surface area contributed by atoms with Gasteiger partial charge in [-0.2, -0.15) is 0 Å². The molecule has 5 heteroatoms. The van der Waals surface area contributed by atoms with Gasteiger partial charge in [0.25, 0.3) is 0 Å². The van der Waals surface area contributed by atoms with E-state index in [1.807, 2.05) is 19.1 Å². The lowest BCUT2D eigenvalue weighted by Gasteiger charge is -2.21. The number of anilines is 1. The van der Waals surface area contributed by atoms with E-state index < -0.39 is 0 Å². The lowest BCUT2D eigenvalue weighted by atomic mass is 10.0. The van der Waals surface area contributed by atoms with Gasteiger partial charge in [0.2, 0.25) is 0 Å². The maximum absolute atomic E-state index is 12.3. The highest BCUT2D eigenvalue weighted by Gasteiger charge is 2.15. The first kappa shape index (κ1) is 14.4. The molecule has 0 aliphatic rings. The summed E-state index contributed by atoms with van der Waals surface area (Å²) in [6, 6.07) is 6.00. The maximum atomic E-state index is 12.3. The third kappa shape index (κ3) is 2.28. The van der Waals surface area contributed by atoms with Crippen molar-refractivity contribution in [1.82, 2.24) is 9.97 Å². The number of rotatable bonds is 4. The second-order valence-corrected chi connectivity index (χ2v) is 5.18. The Balaban J connectivity index is 2.21. The van der Waals surface area contributed by atoms with Gasteiger partial charge in [-0.15, -0.1) is 0 Å². The minimum atomic E-state index is -0.364. The quantitative estimate of drug-likeness (QED) is 0.750. The molecule has 0 aliphatic heterocycles. The molecule has 0 amide bonds. The monoisotopic (exact) mass is 297 g/mol. The summed E-state index contributed by atoms with van der Waals surface area (Å²) in [7, 11) is 0. The van der Waals surface area contributed by atoms with Crippen LogP contribution in [0.5, 0.6) is 0 Å². The summed E-state index contributed by atoms with van der Waals surface area (Å²) in [5, 5.41) is 0.932. The fraction of sp³-hybridized carbons (Fsp3) is 0.294. The van der Waals surface area contributed by atoms with Gasteiger partial charge in [-0.1, -0.05) is 0 Å². The van der Waals surface area contributed by atoms with Crippen LogP contribution < -0.4 is 10.5 Å². The predicted octanol–water partition coefficient (Wildman–Crippen LogP) is 3.34. The van der Waals surface area contributed by atoms with E-state index in [-0.39, 0.29) is 5.63 Å². The van der Waals surface area contributed by atoms with E-state index in [0.29, 0.717) is 17.0 Å². The Hall–Kier alpha value is -2.56. The van der Waals surface area contributed by atoms with Crippen LogP contribution in [0, 0.1) is 6.92 Å². The molecular formula is C17H19N3O2. The summed E-state index contributed by atoms with van der Waals surface area (Å²) >= 11 is 0. The molecule has 2 heterocycles. The van der Waals surface area contributed by atoms with Crippen LogP contribution in [-0.4, -0.2) is 23.1 Å². The highest BCUT2D eigenvalue weighted by atomic mass is 16.4. The highest BCUT2D eigenvalue weighted by Crippen LogP contribution is 2.27. The van der Waals surface area contributed by atoms with E-state index >= 15 is 0 Å². The number of fused-ring (bicyclic) bond motifs is 1. The summed E-state index contributed by atoms with van der Waals surface area (Å²) in [6.07, 6.45) is 3.32. The van der Waals surface area contributed by atoms with E-state index in [9.17, 15) is 4.79 Å². The van der Waals surface area contributed by atoms with Crippen LogP contribution in [-0.2, 0) is 0 Å². The van der Waals surface area contributed by atoms with Crippen molar-refractivity contribution in [2.24, 2.45) is 0 Å². The first-order chi connectivity index (χ1) is 10.7. The normalized spacial score (nSPS) is 11.0. The van der Waals surface area contributed by atoms with Gasteiger partial charge in [0.1, 0.15) is 17.0 Å². The van der Waals surface area contributed by atoms with Crippen LogP contribution in [0.15, 0.2) is 39.8 Å². The van der Waals surface area contributed by atoms with Crippen LogP contribution in [0.2, 0.25) is 0 Å². The summed E-state index contributed by atoms with van der Waals surface area (Å²) in [5.74, 6) is 0.543. The fourth-order valence-electron chi connectivity index (χ4n) is 2.81. The van der Waals surface area contributed by atoms with Crippen molar-refractivity contribution in [1.29, 1.82) is 0 Å². The second kappa shape index (κ2) is 5.67. The molecule has 0 aliphatic carbocycles. The average molecular weight is 297 g/mol. The summed E-state index contributed by atoms with van der Waals surface area (Å²) < 4.78 is 5.54. The van der Waals surface area contributed by atoms with Gasteiger partial charge >= 0.3 is 5.63 Å². The van der Waals surface area contributed by atoms with Crippen LogP contribution in [0.1, 0.15) is 19.4 Å². The first-order valence-electron chi connectivity index (χ1n) is 7.47. The zero-order chi connectivity index (χ0) is 15.7. The van der Waals surface area contributed by atoms with E-state index in [1.165, 1.54) is 0 Å². The van der Waals surface area contributed by atoms with Crippen molar-refractivity contribution in [2.45, 2.75) is 20.8 Å². The summed E-state index contributed by atoms with van der Waals surface area (Å²) in [4.78, 5) is 21.7. The Morgan fingerprint density at radius 2 is 2.05 bits per heavy atom. The molecule has 1 N–H and O–H groups in total. The molecule has 0 fully saturated rings. The maximum Gasteiger partial charge on any atom is 0.347 e. The van der Waals surface area contributed by atoms with Crippen LogP contribution >= 0.6 is 0 Å². The Morgan fingerprint density at radius 3 is 2.68 bits per heavy atom. The molecule has 22 heavy (non-hydrogen) atoms. The van der Waals surface area contributed by atoms with Gasteiger partial charge in [0.15, 0.2) is 0 Å². The van der Waals surface area contributed by atoms with E-state index in [1.54, 1.807) is 12.4 Å². The summed E-state index contributed by atoms with van der Waals surface area (Å²) in [6.45, 7) is 7.96. The van der Waals surface area contributed by atoms with Crippen LogP contribution in [0.25, 0.3) is 22.4 Å². The van der Waals surface area contributed by atoms with Gasteiger partial charge in [-0.05, 0) is 38.5 Å². The fourth-order valence-corrected chi connectivity index (χ4v) is 2.81. The zero-order valence-corrected chi connectivity index (χ0v) is 13.0. The number of aromatic nitrogens is 2. The van der Waals surface area contributed by atoms with Crippen molar-refractivity contribution in [3.05, 3.63) is 46.6 Å². The molecule has 3 rings (SSSR count). The molecule has 2 aromatic heterocycles. The Labute approximate surface area is 128 Å². The minimum absolute atomic E-state index is 0.364. The molecule has 114 valence electrons. The number of nitrogens with one attached hydrogen (secondary N) is 1. The Morgan fingerprint density at radius 1 is 1.27 bits per heavy atom. The number of nitrogens with zero attached hydrogens (tertiary/aromatic N) is 2. The highest BCUT2D eigenvalue weighted by molar-refractivity contribution is 5.87. The summed E-state index contributed by atoms with van der Waals surface area (Å²) in [5.41, 5.74) is 2.69. The van der Waals surface area contributed by atoms with Gasteiger partial charge < -0.3 is 14.3 Å². The predicted molar refractivity (Wildman–Crippen MR) is 88.4 cm³/mol. The number of benzene rings is 1. The van der Waals surface area contributed by atoms with Crippen molar-refractivity contribution in [2.75, 3.05) is 18.0 Å². The molecule has 1 aromatic carbocycles. The van der Waals surface area contributed by atoms with E-state index in [2.05, 4.69) is 34.8 Å². The number of imidazole rings is 1. The number of hydrogen-bond acceptors (Lipinski definition) is 4. The standard InChI is InChI=1S/C17H19N3O2/c1-4-20(5-2)12-6-7-13-11(3)15(16-18-8-9-19-16)17(21)22-14(13)10-12/h6-10H,4-5H2,1-3H3,(H,18,19). The van der Waals surface area contributed by atoms with Crippen molar-refractivity contribution in [3.8, 4) is 11.4 Å². The Kier molecular flexibility index (Phi) is 3.71. The lowest BCUT2D eigenvalue weighted by molar-refractivity contribution is 0.561. The van der Waals surface area contributed by atoms with Crippen LogP contribution in [0.4, 0.5) is 5.69 Å². The third-order valence-corrected chi connectivity index (χ3v) is 4.01. The largest absolute Gasteiger partial charge is 0.422 e. The van der Waals surface area contributed by atoms with Gasteiger partial charge in [-0.25, -0.2) is 9.78 Å². The molecule has 5 nitrogen and oxygen atoms in total. The van der Waals surface area contributed by atoms with Crippen molar-refractivity contribution in [3.63, 3.8) is 0 Å². The Bertz CT molecular complexity index is 846. The number of aromatic amines is 1. The molecule has 0 bridgehead atoms.